The Bertz CT molecular complexity index is 449. The molecule has 0 saturated heterocycles. The summed E-state index contributed by atoms with van der Waals surface area (Å²) in [6.45, 7) is 1.69. The lowest BCUT2D eigenvalue weighted by atomic mass is 10.0. The van der Waals surface area contributed by atoms with Gasteiger partial charge in [-0.05, 0) is 38.1 Å². The lowest BCUT2D eigenvalue weighted by molar-refractivity contribution is 0.0180. The number of thioether (sulfide) groups is 1. The van der Waals surface area contributed by atoms with Crippen molar-refractivity contribution in [2.45, 2.75) is 36.2 Å². The van der Waals surface area contributed by atoms with Crippen LogP contribution in [0.25, 0.3) is 0 Å². The van der Waals surface area contributed by atoms with Gasteiger partial charge in [-0.2, -0.15) is 0 Å². The molecule has 0 atom stereocenters. The van der Waals surface area contributed by atoms with Gasteiger partial charge in [0.05, 0.1) is 10.6 Å². The first-order valence-corrected chi connectivity index (χ1v) is 8.71. The van der Waals surface area contributed by atoms with Crippen LogP contribution in [0.15, 0.2) is 23.1 Å². The van der Waals surface area contributed by atoms with Crippen LogP contribution >= 0.6 is 35.0 Å². The van der Waals surface area contributed by atoms with Gasteiger partial charge in [0, 0.05) is 28.8 Å². The summed E-state index contributed by atoms with van der Waals surface area (Å²) >= 11 is 13.8. The van der Waals surface area contributed by atoms with Crippen LogP contribution in [0.5, 0.6) is 0 Å². The molecule has 0 aliphatic heterocycles. The maximum Gasteiger partial charge on any atom is 0.0774 e. The number of hydrogen-bond donors (Lipinski definition) is 1. The maximum absolute atomic E-state index is 10.4. The van der Waals surface area contributed by atoms with E-state index in [-0.39, 0.29) is 0 Å². The molecule has 1 aromatic carbocycles. The molecule has 1 aromatic rings. The van der Waals surface area contributed by atoms with Crippen LogP contribution in [-0.2, 0) is 0 Å². The Morgan fingerprint density at radius 3 is 2.70 bits per heavy atom. The molecule has 0 heterocycles. The van der Waals surface area contributed by atoms with E-state index in [1.165, 1.54) is 0 Å². The monoisotopic (exact) mass is 333 g/mol. The Balaban J connectivity index is 1.76. The fourth-order valence-electron chi connectivity index (χ4n) is 2.67. The van der Waals surface area contributed by atoms with E-state index in [0.717, 1.165) is 54.4 Å². The lowest BCUT2D eigenvalue weighted by Crippen LogP contribution is -2.39. The van der Waals surface area contributed by atoms with Gasteiger partial charge in [-0.3, -0.25) is 0 Å². The number of benzene rings is 1. The molecule has 0 radical (unpaired) electrons. The van der Waals surface area contributed by atoms with E-state index in [0.29, 0.717) is 5.02 Å². The predicted octanol–water partition coefficient (Wildman–Crippen LogP) is 4.32. The fourth-order valence-corrected chi connectivity index (χ4v) is 4.23. The Morgan fingerprint density at radius 1 is 1.30 bits per heavy atom. The van der Waals surface area contributed by atoms with Crippen molar-refractivity contribution in [2.24, 2.45) is 0 Å². The van der Waals surface area contributed by atoms with E-state index < -0.39 is 5.60 Å². The van der Waals surface area contributed by atoms with Gasteiger partial charge in [0.25, 0.3) is 0 Å². The van der Waals surface area contributed by atoms with Crippen LogP contribution in [0.3, 0.4) is 0 Å². The first-order chi connectivity index (χ1) is 9.48. The van der Waals surface area contributed by atoms with Crippen LogP contribution in [0.4, 0.5) is 0 Å². The highest BCUT2D eigenvalue weighted by atomic mass is 35.5. The Kier molecular flexibility index (Phi) is 6.06. The normalized spacial score (nSPS) is 17.9. The van der Waals surface area contributed by atoms with Crippen molar-refractivity contribution in [3.05, 3.63) is 28.2 Å². The topological polar surface area (TPSA) is 23.5 Å². The van der Waals surface area contributed by atoms with E-state index in [9.17, 15) is 5.11 Å². The number of halogens is 2. The Morgan fingerprint density at radius 2 is 2.00 bits per heavy atom. The smallest absolute Gasteiger partial charge is 0.0774 e. The molecule has 5 heteroatoms. The summed E-state index contributed by atoms with van der Waals surface area (Å²) in [6, 6.07) is 5.53. The summed E-state index contributed by atoms with van der Waals surface area (Å²) in [5.41, 5.74) is -0.465. The number of hydrogen-bond acceptors (Lipinski definition) is 3. The molecule has 0 aromatic heterocycles. The minimum atomic E-state index is -0.465. The van der Waals surface area contributed by atoms with Crippen molar-refractivity contribution in [2.75, 3.05) is 25.9 Å². The second-order valence-electron chi connectivity index (χ2n) is 5.59. The third-order valence-corrected chi connectivity index (χ3v) is 5.43. The van der Waals surface area contributed by atoms with Crippen LogP contribution in [0, 0.1) is 0 Å². The van der Waals surface area contributed by atoms with Crippen molar-refractivity contribution >= 4 is 35.0 Å². The highest BCUT2D eigenvalue weighted by Gasteiger charge is 2.31. The molecule has 112 valence electrons. The SMILES string of the molecule is CN(CCSc1cc(Cl)ccc1Cl)CC1(O)CCCC1. The lowest BCUT2D eigenvalue weighted by Gasteiger charge is -2.28. The van der Waals surface area contributed by atoms with Crippen LogP contribution < -0.4 is 0 Å². The molecule has 1 aliphatic carbocycles. The fraction of sp³-hybridized carbons (Fsp3) is 0.600. The predicted molar refractivity (Wildman–Crippen MR) is 88.1 cm³/mol. The quantitative estimate of drug-likeness (QED) is 0.784. The van der Waals surface area contributed by atoms with Crippen LogP contribution in [0.1, 0.15) is 25.7 Å². The first kappa shape index (κ1) is 16.4. The molecule has 0 spiro atoms. The van der Waals surface area contributed by atoms with Gasteiger partial charge in [-0.1, -0.05) is 36.0 Å². The molecule has 1 aliphatic rings. The summed E-state index contributed by atoms with van der Waals surface area (Å²) in [5, 5.41) is 11.8. The van der Waals surface area contributed by atoms with E-state index >= 15 is 0 Å². The summed E-state index contributed by atoms with van der Waals surface area (Å²) in [4.78, 5) is 3.23. The standard InChI is InChI=1S/C15H21Cl2NOS/c1-18(11-15(19)6-2-3-7-15)8-9-20-14-10-12(16)4-5-13(14)17/h4-5,10,19H,2-3,6-9,11H2,1H3. The van der Waals surface area contributed by atoms with Gasteiger partial charge in [0.15, 0.2) is 0 Å². The van der Waals surface area contributed by atoms with Crippen LogP contribution in [0.2, 0.25) is 10.0 Å². The van der Waals surface area contributed by atoms with Gasteiger partial charge in [0.2, 0.25) is 0 Å². The van der Waals surface area contributed by atoms with Crippen molar-refractivity contribution in [1.29, 1.82) is 0 Å². The van der Waals surface area contributed by atoms with E-state index in [1.54, 1.807) is 17.8 Å². The van der Waals surface area contributed by atoms with E-state index in [2.05, 4.69) is 11.9 Å². The highest BCUT2D eigenvalue weighted by molar-refractivity contribution is 7.99. The van der Waals surface area contributed by atoms with Gasteiger partial charge >= 0.3 is 0 Å². The van der Waals surface area contributed by atoms with Crippen molar-refractivity contribution < 1.29 is 5.11 Å². The molecule has 1 saturated carbocycles. The Hall–Kier alpha value is 0.0700. The zero-order chi connectivity index (χ0) is 14.6. The second-order valence-corrected chi connectivity index (χ2v) is 7.57. The molecular weight excluding hydrogens is 313 g/mol. The first-order valence-electron chi connectivity index (χ1n) is 6.97. The molecule has 0 unspecified atom stereocenters. The molecule has 20 heavy (non-hydrogen) atoms. The third-order valence-electron chi connectivity index (χ3n) is 3.72. The van der Waals surface area contributed by atoms with Gasteiger partial charge in [-0.25, -0.2) is 0 Å². The highest BCUT2D eigenvalue weighted by Crippen LogP contribution is 2.31. The molecule has 1 fully saturated rings. The minimum absolute atomic E-state index is 0.465. The largest absolute Gasteiger partial charge is 0.389 e. The number of likely N-dealkylation sites (N-methyl/N-ethyl adjacent to an activating group) is 1. The number of rotatable bonds is 6. The summed E-state index contributed by atoms with van der Waals surface area (Å²) in [6.07, 6.45) is 4.17. The summed E-state index contributed by atoms with van der Waals surface area (Å²) in [7, 11) is 2.07. The molecule has 0 bridgehead atoms. The molecule has 0 amide bonds. The third kappa shape index (κ3) is 4.81. The minimum Gasteiger partial charge on any atom is -0.389 e. The van der Waals surface area contributed by atoms with Crippen LogP contribution in [-0.4, -0.2) is 41.5 Å². The van der Waals surface area contributed by atoms with Crippen molar-refractivity contribution in [3.8, 4) is 0 Å². The van der Waals surface area contributed by atoms with Crippen molar-refractivity contribution in [3.63, 3.8) is 0 Å². The van der Waals surface area contributed by atoms with Gasteiger partial charge in [-0.15, -0.1) is 11.8 Å². The number of aliphatic hydroxyl groups is 1. The second kappa shape index (κ2) is 7.37. The zero-order valence-electron chi connectivity index (χ0n) is 11.7. The van der Waals surface area contributed by atoms with Crippen molar-refractivity contribution in [1.82, 2.24) is 4.90 Å². The van der Waals surface area contributed by atoms with E-state index in [4.69, 9.17) is 23.2 Å². The number of nitrogens with zero attached hydrogens (tertiary/aromatic N) is 1. The average Bonchev–Trinajstić information content (AvgIpc) is 2.80. The molecule has 1 N–H and O–H groups in total. The Labute approximate surface area is 135 Å². The molecule has 2 rings (SSSR count). The summed E-state index contributed by atoms with van der Waals surface area (Å²) < 4.78 is 0. The van der Waals surface area contributed by atoms with Gasteiger partial charge in [0.1, 0.15) is 0 Å². The summed E-state index contributed by atoms with van der Waals surface area (Å²) in [5.74, 6) is 0.937. The average molecular weight is 334 g/mol. The van der Waals surface area contributed by atoms with E-state index in [1.807, 2.05) is 12.1 Å². The molecular formula is C15H21Cl2NOS. The zero-order valence-corrected chi connectivity index (χ0v) is 14.1. The van der Waals surface area contributed by atoms with Gasteiger partial charge < -0.3 is 10.0 Å². The maximum atomic E-state index is 10.4. The molecule has 2 nitrogen and oxygen atoms in total.